The van der Waals surface area contributed by atoms with E-state index in [4.69, 9.17) is 5.73 Å². The number of nitrogens with two attached hydrogens (primary N) is 1. The molecule has 0 radical (unpaired) electrons. The largest absolute Gasteiger partial charge is 0.397 e. The fourth-order valence-electron chi connectivity index (χ4n) is 1.38. The van der Waals surface area contributed by atoms with Crippen molar-refractivity contribution >= 4 is 21.6 Å². The van der Waals surface area contributed by atoms with Crippen LogP contribution in [0.3, 0.4) is 0 Å². The van der Waals surface area contributed by atoms with Gasteiger partial charge in [-0.3, -0.25) is 0 Å². The van der Waals surface area contributed by atoms with Crippen molar-refractivity contribution in [1.29, 1.82) is 0 Å². The number of imidazole rings is 1. The van der Waals surface area contributed by atoms with E-state index in [0.29, 0.717) is 0 Å². The van der Waals surface area contributed by atoms with Crippen LogP contribution in [0.4, 0.5) is 5.69 Å². The second-order valence-corrected chi connectivity index (χ2v) is 3.96. The highest BCUT2D eigenvalue weighted by Gasteiger charge is 2.04. The van der Waals surface area contributed by atoms with E-state index in [1.807, 2.05) is 35.9 Å². The van der Waals surface area contributed by atoms with E-state index in [1.54, 1.807) is 6.20 Å². The van der Waals surface area contributed by atoms with Gasteiger partial charge in [0, 0.05) is 16.9 Å². The average molecular weight is 252 g/mol. The minimum Gasteiger partial charge on any atom is -0.397 e. The molecule has 2 rings (SSSR count). The Hall–Kier alpha value is -1.29. The highest BCUT2D eigenvalue weighted by atomic mass is 79.9. The SMILES string of the molecule is Cc1nccn1-c1ccc(Br)cc1N. The normalized spacial score (nSPS) is 10.4. The first kappa shape index (κ1) is 9.27. The van der Waals surface area contributed by atoms with Crippen LogP contribution >= 0.6 is 15.9 Å². The molecule has 72 valence electrons. The number of benzene rings is 1. The molecule has 1 aromatic heterocycles. The van der Waals surface area contributed by atoms with Gasteiger partial charge < -0.3 is 10.3 Å². The zero-order valence-corrected chi connectivity index (χ0v) is 9.32. The van der Waals surface area contributed by atoms with Gasteiger partial charge >= 0.3 is 0 Å². The van der Waals surface area contributed by atoms with Crippen molar-refractivity contribution in [1.82, 2.24) is 9.55 Å². The van der Waals surface area contributed by atoms with Crippen LogP contribution in [-0.2, 0) is 0 Å². The van der Waals surface area contributed by atoms with Crippen LogP contribution in [0.25, 0.3) is 5.69 Å². The summed E-state index contributed by atoms with van der Waals surface area (Å²) in [7, 11) is 0. The summed E-state index contributed by atoms with van der Waals surface area (Å²) in [4.78, 5) is 4.15. The Bertz CT molecular complexity index is 462. The van der Waals surface area contributed by atoms with Gasteiger partial charge in [-0.25, -0.2) is 4.98 Å². The molecule has 0 saturated heterocycles. The lowest BCUT2D eigenvalue weighted by molar-refractivity contribution is 0.977. The molecule has 0 amide bonds. The van der Waals surface area contributed by atoms with E-state index in [0.717, 1.165) is 21.7 Å². The maximum Gasteiger partial charge on any atom is 0.110 e. The molecule has 2 N–H and O–H groups in total. The third-order valence-electron chi connectivity index (χ3n) is 2.07. The first-order chi connectivity index (χ1) is 6.68. The van der Waals surface area contributed by atoms with Crippen LogP contribution in [0.15, 0.2) is 35.1 Å². The summed E-state index contributed by atoms with van der Waals surface area (Å²) in [6.45, 7) is 1.95. The standard InChI is InChI=1S/C10H10BrN3/c1-7-13-4-5-14(7)10-3-2-8(11)6-9(10)12/h2-6H,12H2,1H3. The minimum atomic E-state index is 0.737. The number of rotatable bonds is 1. The number of hydrogen-bond acceptors (Lipinski definition) is 2. The third kappa shape index (κ3) is 1.53. The summed E-state index contributed by atoms with van der Waals surface area (Å²) in [5, 5.41) is 0. The van der Waals surface area contributed by atoms with Crippen molar-refractivity contribution < 1.29 is 0 Å². The number of halogens is 1. The maximum absolute atomic E-state index is 5.90. The first-order valence-electron chi connectivity index (χ1n) is 4.24. The Kier molecular flexibility index (Phi) is 2.29. The Morgan fingerprint density at radius 2 is 2.21 bits per heavy atom. The van der Waals surface area contributed by atoms with Crippen molar-refractivity contribution in [3.05, 3.63) is 40.9 Å². The number of nitrogens with zero attached hydrogens (tertiary/aromatic N) is 2. The minimum absolute atomic E-state index is 0.737. The second kappa shape index (κ2) is 3.46. The molecule has 14 heavy (non-hydrogen) atoms. The molecule has 0 aliphatic carbocycles. The molecule has 0 aliphatic rings. The molecule has 0 unspecified atom stereocenters. The van der Waals surface area contributed by atoms with Crippen LogP contribution in [-0.4, -0.2) is 9.55 Å². The Labute approximate surface area is 90.7 Å². The number of nitrogen functional groups attached to an aromatic ring is 1. The van der Waals surface area contributed by atoms with Gasteiger partial charge in [-0.1, -0.05) is 15.9 Å². The van der Waals surface area contributed by atoms with E-state index in [1.165, 1.54) is 0 Å². The van der Waals surface area contributed by atoms with E-state index >= 15 is 0 Å². The summed E-state index contributed by atoms with van der Waals surface area (Å²) in [6.07, 6.45) is 3.66. The predicted octanol–water partition coefficient (Wildman–Crippen LogP) is 2.53. The van der Waals surface area contributed by atoms with Gasteiger partial charge in [0.15, 0.2) is 0 Å². The summed E-state index contributed by atoms with van der Waals surface area (Å²) in [5.74, 6) is 0.930. The number of anilines is 1. The molecule has 4 heteroatoms. The summed E-state index contributed by atoms with van der Waals surface area (Å²) in [6, 6.07) is 5.81. The lowest BCUT2D eigenvalue weighted by atomic mass is 10.2. The van der Waals surface area contributed by atoms with Crippen LogP contribution in [0.1, 0.15) is 5.82 Å². The van der Waals surface area contributed by atoms with E-state index < -0.39 is 0 Å². The predicted molar refractivity (Wildman–Crippen MR) is 60.4 cm³/mol. The molecule has 1 aromatic carbocycles. The quantitative estimate of drug-likeness (QED) is 0.792. The van der Waals surface area contributed by atoms with Crippen molar-refractivity contribution in [2.75, 3.05) is 5.73 Å². The smallest absolute Gasteiger partial charge is 0.110 e. The van der Waals surface area contributed by atoms with E-state index in [2.05, 4.69) is 20.9 Å². The molecule has 0 fully saturated rings. The van der Waals surface area contributed by atoms with Crippen molar-refractivity contribution in [3.8, 4) is 5.69 Å². The lowest BCUT2D eigenvalue weighted by Crippen LogP contribution is -2.00. The maximum atomic E-state index is 5.90. The average Bonchev–Trinajstić information content (AvgIpc) is 2.52. The van der Waals surface area contributed by atoms with Crippen molar-refractivity contribution in [2.45, 2.75) is 6.92 Å². The summed E-state index contributed by atoms with van der Waals surface area (Å²) < 4.78 is 2.94. The van der Waals surface area contributed by atoms with E-state index in [9.17, 15) is 0 Å². The Morgan fingerprint density at radius 3 is 2.79 bits per heavy atom. The zero-order chi connectivity index (χ0) is 10.1. The molecule has 3 nitrogen and oxygen atoms in total. The highest BCUT2D eigenvalue weighted by molar-refractivity contribution is 9.10. The Morgan fingerprint density at radius 1 is 1.43 bits per heavy atom. The van der Waals surface area contributed by atoms with Gasteiger partial charge in [-0.15, -0.1) is 0 Å². The fourth-order valence-corrected chi connectivity index (χ4v) is 1.76. The fraction of sp³-hybridized carbons (Fsp3) is 0.100. The number of aryl methyl sites for hydroxylation is 1. The highest BCUT2D eigenvalue weighted by Crippen LogP contribution is 2.22. The van der Waals surface area contributed by atoms with Crippen LogP contribution < -0.4 is 5.73 Å². The van der Waals surface area contributed by atoms with Gasteiger partial charge in [-0.05, 0) is 25.1 Å². The molecule has 0 atom stereocenters. The monoisotopic (exact) mass is 251 g/mol. The van der Waals surface area contributed by atoms with Gasteiger partial charge in [0.25, 0.3) is 0 Å². The number of hydrogen-bond donors (Lipinski definition) is 1. The molecular weight excluding hydrogens is 242 g/mol. The lowest BCUT2D eigenvalue weighted by Gasteiger charge is -2.08. The molecule has 2 aromatic rings. The second-order valence-electron chi connectivity index (χ2n) is 3.05. The zero-order valence-electron chi connectivity index (χ0n) is 7.74. The summed E-state index contributed by atoms with van der Waals surface area (Å²) in [5.41, 5.74) is 7.60. The third-order valence-corrected chi connectivity index (χ3v) is 2.57. The summed E-state index contributed by atoms with van der Waals surface area (Å²) >= 11 is 3.37. The topological polar surface area (TPSA) is 43.8 Å². The van der Waals surface area contributed by atoms with Gasteiger partial charge in [-0.2, -0.15) is 0 Å². The molecule has 0 saturated carbocycles. The van der Waals surface area contributed by atoms with Gasteiger partial charge in [0.2, 0.25) is 0 Å². The van der Waals surface area contributed by atoms with Crippen molar-refractivity contribution in [3.63, 3.8) is 0 Å². The van der Waals surface area contributed by atoms with Crippen LogP contribution in [0.5, 0.6) is 0 Å². The first-order valence-corrected chi connectivity index (χ1v) is 5.03. The van der Waals surface area contributed by atoms with Crippen LogP contribution in [0.2, 0.25) is 0 Å². The molecule has 1 heterocycles. The molecule has 0 aliphatic heterocycles. The van der Waals surface area contributed by atoms with E-state index in [-0.39, 0.29) is 0 Å². The van der Waals surface area contributed by atoms with Crippen LogP contribution in [0, 0.1) is 6.92 Å². The molecule has 0 spiro atoms. The molecule has 0 bridgehead atoms. The number of aromatic nitrogens is 2. The Balaban J connectivity index is 2.58. The molecular formula is C10H10BrN3. The van der Waals surface area contributed by atoms with Gasteiger partial charge in [0.1, 0.15) is 5.82 Å². The van der Waals surface area contributed by atoms with Crippen molar-refractivity contribution in [2.24, 2.45) is 0 Å². The van der Waals surface area contributed by atoms with Gasteiger partial charge in [0.05, 0.1) is 11.4 Å².